The Balaban J connectivity index is 1.83. The summed E-state index contributed by atoms with van der Waals surface area (Å²) in [4.78, 5) is 25.9. The number of hydrogen-bond donors (Lipinski definition) is 2. The van der Waals surface area contributed by atoms with Crippen molar-refractivity contribution in [2.24, 2.45) is 11.7 Å². The van der Waals surface area contributed by atoms with Crippen molar-refractivity contribution in [2.75, 3.05) is 13.7 Å². The highest BCUT2D eigenvalue weighted by molar-refractivity contribution is 7.17. The lowest BCUT2D eigenvalue weighted by Gasteiger charge is -2.30. The van der Waals surface area contributed by atoms with Crippen LogP contribution in [0.2, 0.25) is 0 Å². The third-order valence-corrected chi connectivity index (χ3v) is 7.00. The van der Waals surface area contributed by atoms with E-state index in [1.165, 1.54) is 18.4 Å². The van der Waals surface area contributed by atoms with E-state index < -0.39 is 17.9 Å². The summed E-state index contributed by atoms with van der Waals surface area (Å²) in [6, 6.07) is 7.60. The van der Waals surface area contributed by atoms with E-state index >= 15 is 0 Å². The summed E-state index contributed by atoms with van der Waals surface area (Å²) in [5.74, 6) is -1.33. The summed E-state index contributed by atoms with van der Waals surface area (Å²) in [6.45, 7) is 2.05. The number of nitrogens with zero attached hydrogens (tertiary/aromatic N) is 1. The van der Waals surface area contributed by atoms with Crippen LogP contribution in [0.3, 0.4) is 0 Å². The lowest BCUT2D eigenvalue weighted by Crippen LogP contribution is -2.36. The maximum Gasteiger partial charge on any atom is 0.338 e. The highest BCUT2D eigenvalue weighted by Crippen LogP contribution is 2.44. The van der Waals surface area contributed by atoms with Gasteiger partial charge in [0.15, 0.2) is 0 Å². The molecule has 8 heteroatoms. The number of hydrogen-bond acceptors (Lipinski definition) is 8. The van der Waals surface area contributed by atoms with E-state index in [-0.39, 0.29) is 11.4 Å². The van der Waals surface area contributed by atoms with E-state index in [2.05, 4.69) is 11.4 Å². The molecule has 3 N–H and O–H groups in total. The third-order valence-electron chi connectivity index (χ3n) is 5.96. The number of rotatable bonds is 5. The molecule has 1 aliphatic carbocycles. The van der Waals surface area contributed by atoms with Gasteiger partial charge in [-0.15, -0.1) is 11.3 Å². The van der Waals surface area contributed by atoms with E-state index in [1.807, 2.05) is 11.4 Å². The van der Waals surface area contributed by atoms with Crippen LogP contribution in [0, 0.1) is 17.2 Å². The number of nitrogens with two attached hydrogens (primary N) is 1. The number of nitriles is 1. The molecular formula is C23H23N3O4S. The highest BCUT2D eigenvalue weighted by Gasteiger charge is 2.40. The molecule has 0 bridgehead atoms. The van der Waals surface area contributed by atoms with Gasteiger partial charge in [0, 0.05) is 5.70 Å². The second kappa shape index (κ2) is 8.44. The maximum atomic E-state index is 13.2. The largest absolute Gasteiger partial charge is 0.466 e. The molecule has 4 rings (SSSR count). The average molecular weight is 438 g/mol. The molecule has 0 amide bonds. The van der Waals surface area contributed by atoms with Crippen LogP contribution < -0.4 is 11.1 Å². The van der Waals surface area contributed by atoms with Crippen LogP contribution in [0.1, 0.15) is 43.2 Å². The fraction of sp³-hybridized carbons (Fsp3) is 0.348. The Morgan fingerprint density at radius 2 is 2.06 bits per heavy atom. The van der Waals surface area contributed by atoms with Crippen LogP contribution >= 0.6 is 11.3 Å². The number of benzene rings is 1. The van der Waals surface area contributed by atoms with Gasteiger partial charge in [-0.3, -0.25) is 0 Å². The van der Waals surface area contributed by atoms with E-state index in [9.17, 15) is 14.9 Å². The zero-order valence-corrected chi connectivity index (χ0v) is 18.2. The smallest absolute Gasteiger partial charge is 0.338 e. The summed E-state index contributed by atoms with van der Waals surface area (Å²) >= 11 is 1.39. The third kappa shape index (κ3) is 3.66. The molecule has 7 nitrogen and oxygen atoms in total. The van der Waals surface area contributed by atoms with Crippen molar-refractivity contribution in [2.45, 2.75) is 32.1 Å². The number of ether oxygens (including phenoxy) is 2. The SMILES string of the molecule is COC(=O)C1=C(C)NC(N)=C(C(=O)OCC2CCC2)C1c1csc2c(C#N)cccc12. The first-order valence-corrected chi connectivity index (χ1v) is 11.0. The Labute approximate surface area is 184 Å². The molecule has 2 aromatic rings. The molecule has 1 aromatic carbocycles. The van der Waals surface area contributed by atoms with E-state index in [4.69, 9.17) is 15.2 Å². The molecule has 1 saturated carbocycles. The second-order valence-electron chi connectivity index (χ2n) is 7.80. The van der Waals surface area contributed by atoms with Gasteiger partial charge < -0.3 is 20.5 Å². The summed E-state index contributed by atoms with van der Waals surface area (Å²) in [5, 5.41) is 15.1. The van der Waals surface area contributed by atoms with Crippen molar-refractivity contribution in [3.8, 4) is 6.07 Å². The second-order valence-corrected chi connectivity index (χ2v) is 8.68. The Bertz CT molecular complexity index is 1170. The lowest BCUT2D eigenvalue weighted by molar-refractivity contribution is -0.141. The highest BCUT2D eigenvalue weighted by atomic mass is 32.1. The van der Waals surface area contributed by atoms with Gasteiger partial charge in [-0.1, -0.05) is 18.6 Å². The Kier molecular flexibility index (Phi) is 5.70. The first kappa shape index (κ1) is 20.9. The van der Waals surface area contributed by atoms with Crippen molar-refractivity contribution in [1.82, 2.24) is 5.32 Å². The maximum absolute atomic E-state index is 13.2. The molecule has 160 valence electrons. The quantitative estimate of drug-likeness (QED) is 0.689. The van der Waals surface area contributed by atoms with Crippen LogP contribution in [0.15, 0.2) is 46.2 Å². The lowest BCUT2D eigenvalue weighted by atomic mass is 9.81. The standard InChI is InChI=1S/C23H23N3O4S/c1-12-17(22(27)29-2)18(16-11-31-20-14(9-24)7-4-8-15(16)20)19(21(25)26-12)23(28)30-10-13-5-3-6-13/h4,7-8,11,13,18,26H,3,5-6,10,25H2,1-2H3. The number of carbonyl (C=O) groups is 2. The zero-order chi connectivity index (χ0) is 22.1. The Morgan fingerprint density at radius 3 is 2.71 bits per heavy atom. The van der Waals surface area contributed by atoms with E-state index in [1.54, 1.807) is 19.1 Å². The van der Waals surface area contributed by atoms with Crippen molar-refractivity contribution in [1.29, 1.82) is 5.26 Å². The minimum atomic E-state index is -0.759. The first-order valence-electron chi connectivity index (χ1n) is 10.1. The number of fused-ring (bicyclic) bond motifs is 1. The molecule has 2 aliphatic rings. The van der Waals surface area contributed by atoms with Gasteiger partial charge in [0.05, 0.1) is 41.0 Å². The Hall–Kier alpha value is -3.31. The van der Waals surface area contributed by atoms with Crippen molar-refractivity contribution in [3.63, 3.8) is 0 Å². The molecule has 1 aromatic heterocycles. The predicted octanol–water partition coefficient (Wildman–Crippen LogP) is 3.42. The van der Waals surface area contributed by atoms with Crippen LogP contribution in [0.4, 0.5) is 0 Å². The molecule has 0 spiro atoms. The van der Waals surface area contributed by atoms with E-state index in [0.29, 0.717) is 29.4 Å². The normalized spacial score (nSPS) is 18.9. The molecule has 0 radical (unpaired) electrons. The summed E-state index contributed by atoms with van der Waals surface area (Å²) in [5.41, 5.74) is 8.51. The average Bonchev–Trinajstić information content (AvgIpc) is 3.15. The van der Waals surface area contributed by atoms with Crippen LogP contribution in [-0.2, 0) is 19.1 Å². The predicted molar refractivity (Wildman–Crippen MR) is 117 cm³/mol. The monoisotopic (exact) mass is 437 g/mol. The van der Waals surface area contributed by atoms with Crippen LogP contribution in [0.25, 0.3) is 10.1 Å². The zero-order valence-electron chi connectivity index (χ0n) is 17.4. The number of carbonyl (C=O) groups excluding carboxylic acids is 2. The van der Waals surface area contributed by atoms with Crippen LogP contribution in [-0.4, -0.2) is 25.7 Å². The first-order chi connectivity index (χ1) is 15.0. The van der Waals surface area contributed by atoms with Crippen molar-refractivity contribution in [3.05, 3.63) is 57.4 Å². The number of nitrogens with one attached hydrogen (secondary N) is 1. The fourth-order valence-electron chi connectivity index (χ4n) is 4.09. The topological polar surface area (TPSA) is 114 Å². The summed E-state index contributed by atoms with van der Waals surface area (Å²) < 4.78 is 11.4. The van der Waals surface area contributed by atoms with Crippen LogP contribution in [0.5, 0.6) is 0 Å². The number of thiophene rings is 1. The van der Waals surface area contributed by atoms with E-state index in [0.717, 1.165) is 34.9 Å². The molecule has 1 fully saturated rings. The molecule has 0 saturated heterocycles. The van der Waals surface area contributed by atoms with Gasteiger partial charge in [-0.25, -0.2) is 9.59 Å². The summed E-state index contributed by atoms with van der Waals surface area (Å²) in [7, 11) is 1.30. The van der Waals surface area contributed by atoms with Crippen molar-refractivity contribution >= 4 is 33.4 Å². The molecule has 1 unspecified atom stereocenters. The minimum absolute atomic E-state index is 0.157. The van der Waals surface area contributed by atoms with Gasteiger partial charge in [-0.05, 0) is 48.1 Å². The van der Waals surface area contributed by atoms with Gasteiger partial charge in [0.2, 0.25) is 0 Å². The van der Waals surface area contributed by atoms with Gasteiger partial charge >= 0.3 is 11.9 Å². The summed E-state index contributed by atoms with van der Waals surface area (Å²) in [6.07, 6.45) is 3.23. The number of allylic oxidation sites excluding steroid dienone is 1. The van der Waals surface area contributed by atoms with Gasteiger partial charge in [0.25, 0.3) is 0 Å². The number of dihydropyridines is 1. The molecule has 2 heterocycles. The van der Waals surface area contributed by atoms with Gasteiger partial charge in [-0.2, -0.15) is 5.26 Å². The molecule has 1 aliphatic heterocycles. The molecular weight excluding hydrogens is 414 g/mol. The fourth-order valence-corrected chi connectivity index (χ4v) is 5.15. The Morgan fingerprint density at radius 1 is 1.29 bits per heavy atom. The molecule has 1 atom stereocenters. The minimum Gasteiger partial charge on any atom is -0.466 e. The number of methoxy groups -OCH3 is 1. The van der Waals surface area contributed by atoms with Crippen molar-refractivity contribution < 1.29 is 19.1 Å². The number of esters is 2. The van der Waals surface area contributed by atoms with Gasteiger partial charge in [0.1, 0.15) is 11.9 Å². The molecule has 31 heavy (non-hydrogen) atoms.